The number of fused-ring (bicyclic) bond motifs is 1. The topological polar surface area (TPSA) is 82.8 Å². The number of hydrogen-bond donors (Lipinski definition) is 2. The van der Waals surface area contributed by atoms with Crippen molar-refractivity contribution in [2.75, 3.05) is 20.8 Å². The first-order valence-electron chi connectivity index (χ1n) is 7.06. The van der Waals surface area contributed by atoms with Gasteiger partial charge in [-0.2, -0.15) is 0 Å². The highest BCUT2D eigenvalue weighted by Crippen LogP contribution is 2.38. The summed E-state index contributed by atoms with van der Waals surface area (Å²) in [4.78, 5) is 12.6. The van der Waals surface area contributed by atoms with Gasteiger partial charge in [0, 0.05) is 18.6 Å². The van der Waals surface area contributed by atoms with Crippen molar-refractivity contribution in [3.8, 4) is 11.5 Å². The lowest BCUT2D eigenvalue weighted by molar-refractivity contribution is -0.0161. The van der Waals surface area contributed by atoms with E-state index in [2.05, 4.69) is 5.32 Å². The number of hydrogen-bond acceptors (Lipinski definition) is 5. The first-order valence-corrected chi connectivity index (χ1v) is 7.06. The van der Waals surface area contributed by atoms with Crippen LogP contribution in [-0.4, -0.2) is 44.9 Å². The minimum absolute atomic E-state index is 0.0321. The van der Waals surface area contributed by atoms with Crippen LogP contribution in [0.5, 0.6) is 11.5 Å². The Hall–Kier alpha value is -1.79. The van der Waals surface area contributed by atoms with Gasteiger partial charge in [-0.25, -0.2) is 0 Å². The van der Waals surface area contributed by atoms with Crippen LogP contribution in [0.25, 0.3) is 0 Å². The highest BCUT2D eigenvalue weighted by Gasteiger charge is 2.52. The number of carbonyl (C=O) groups excluding carboxylic acids is 1. The van der Waals surface area contributed by atoms with Gasteiger partial charge in [-0.3, -0.25) is 4.79 Å². The first kappa shape index (κ1) is 14.2. The second-order valence-electron chi connectivity index (χ2n) is 5.40. The number of rotatable bonds is 4. The van der Waals surface area contributed by atoms with Gasteiger partial charge >= 0.3 is 0 Å². The third-order valence-corrected chi connectivity index (χ3v) is 4.40. The van der Waals surface area contributed by atoms with Crippen molar-refractivity contribution >= 4 is 5.91 Å². The molecular formula is C15H20N2O4. The number of methoxy groups -OCH3 is 2. The van der Waals surface area contributed by atoms with Crippen molar-refractivity contribution in [1.82, 2.24) is 5.32 Å². The number of carbonyl (C=O) groups is 1. The molecule has 3 N–H and O–H groups in total. The van der Waals surface area contributed by atoms with E-state index in [0.29, 0.717) is 29.6 Å². The molecule has 21 heavy (non-hydrogen) atoms. The van der Waals surface area contributed by atoms with Crippen molar-refractivity contribution in [3.05, 3.63) is 23.8 Å². The quantitative estimate of drug-likeness (QED) is 0.847. The summed E-state index contributed by atoms with van der Waals surface area (Å²) < 4.78 is 16.1. The lowest BCUT2D eigenvalue weighted by atomic mass is 9.72. The molecule has 0 radical (unpaired) electrons. The Morgan fingerprint density at radius 3 is 2.62 bits per heavy atom. The number of amides is 1. The molecule has 1 aromatic carbocycles. The van der Waals surface area contributed by atoms with Crippen molar-refractivity contribution < 1.29 is 19.0 Å². The van der Waals surface area contributed by atoms with Gasteiger partial charge < -0.3 is 25.3 Å². The van der Waals surface area contributed by atoms with Crippen LogP contribution in [0.1, 0.15) is 16.8 Å². The van der Waals surface area contributed by atoms with Crippen molar-refractivity contribution in [3.63, 3.8) is 0 Å². The van der Waals surface area contributed by atoms with E-state index in [9.17, 15) is 4.79 Å². The Morgan fingerprint density at radius 2 is 2.00 bits per heavy atom. The maximum Gasteiger partial charge on any atom is 0.259 e. The zero-order chi connectivity index (χ0) is 15.0. The Morgan fingerprint density at radius 1 is 1.33 bits per heavy atom. The molecule has 1 aliphatic carbocycles. The summed E-state index contributed by atoms with van der Waals surface area (Å²) in [6.07, 6.45) is 1.00. The van der Waals surface area contributed by atoms with E-state index in [1.807, 2.05) is 0 Å². The Balaban J connectivity index is 1.80. The molecule has 4 atom stereocenters. The van der Waals surface area contributed by atoms with Gasteiger partial charge in [0.05, 0.1) is 26.4 Å². The van der Waals surface area contributed by atoms with Crippen molar-refractivity contribution in [1.29, 1.82) is 0 Å². The Kier molecular flexibility index (Phi) is 3.73. The molecule has 3 rings (SSSR count). The van der Waals surface area contributed by atoms with Crippen LogP contribution in [0, 0.1) is 5.92 Å². The van der Waals surface area contributed by atoms with Gasteiger partial charge in [0.2, 0.25) is 0 Å². The third kappa shape index (κ3) is 2.24. The average molecular weight is 292 g/mol. The summed E-state index contributed by atoms with van der Waals surface area (Å²) in [5.41, 5.74) is 6.50. The molecule has 4 unspecified atom stereocenters. The van der Waals surface area contributed by atoms with Gasteiger partial charge in [-0.05, 0) is 18.6 Å². The smallest absolute Gasteiger partial charge is 0.259 e. The molecule has 1 heterocycles. The summed E-state index contributed by atoms with van der Waals surface area (Å²) >= 11 is 0. The van der Waals surface area contributed by atoms with Gasteiger partial charge in [0.25, 0.3) is 5.91 Å². The standard InChI is InChI=1S/C15H20N2O4/c1-19-9-4-3-5-10(20-2)11(9)15(18)17-13-12(16)8-6-7-21-14(8)13/h3-5,8,12-14H,6-7,16H2,1-2H3,(H,17,18). The van der Waals surface area contributed by atoms with Gasteiger partial charge in [-0.1, -0.05) is 6.07 Å². The zero-order valence-corrected chi connectivity index (χ0v) is 12.2. The molecular weight excluding hydrogens is 272 g/mol. The number of ether oxygens (including phenoxy) is 3. The predicted molar refractivity (Wildman–Crippen MR) is 76.6 cm³/mol. The molecule has 1 aromatic rings. The van der Waals surface area contributed by atoms with Crippen LogP contribution in [-0.2, 0) is 4.74 Å². The summed E-state index contributed by atoms with van der Waals surface area (Å²) in [6, 6.07) is 5.03. The van der Waals surface area contributed by atoms with Crippen molar-refractivity contribution in [2.24, 2.45) is 11.7 Å². The van der Waals surface area contributed by atoms with Crippen LogP contribution in [0.15, 0.2) is 18.2 Å². The highest BCUT2D eigenvalue weighted by atomic mass is 16.5. The maximum atomic E-state index is 12.6. The largest absolute Gasteiger partial charge is 0.496 e. The van der Waals surface area contributed by atoms with E-state index >= 15 is 0 Å². The van der Waals surface area contributed by atoms with Crippen LogP contribution in [0.3, 0.4) is 0 Å². The van der Waals surface area contributed by atoms with E-state index in [0.717, 1.165) is 6.42 Å². The lowest BCUT2D eigenvalue weighted by Gasteiger charge is -2.45. The molecule has 1 aliphatic heterocycles. The Labute approximate surface area is 123 Å². The predicted octanol–water partition coefficient (Wildman–Crippen LogP) is 0.548. The van der Waals surface area contributed by atoms with Crippen molar-refractivity contribution in [2.45, 2.75) is 24.6 Å². The second kappa shape index (κ2) is 5.54. The average Bonchev–Trinajstić information content (AvgIpc) is 2.96. The molecule has 114 valence electrons. The number of benzene rings is 1. The second-order valence-corrected chi connectivity index (χ2v) is 5.40. The normalized spacial score (nSPS) is 30.2. The van der Waals surface area contributed by atoms with E-state index in [-0.39, 0.29) is 24.1 Å². The lowest BCUT2D eigenvalue weighted by Crippen LogP contribution is -2.68. The van der Waals surface area contributed by atoms with E-state index in [4.69, 9.17) is 19.9 Å². The molecule has 2 fully saturated rings. The summed E-state index contributed by atoms with van der Waals surface area (Å²) in [6.45, 7) is 0.716. The minimum Gasteiger partial charge on any atom is -0.496 e. The molecule has 1 amide bonds. The van der Waals surface area contributed by atoms with Crippen LogP contribution >= 0.6 is 0 Å². The molecule has 0 spiro atoms. The summed E-state index contributed by atoms with van der Waals surface area (Å²) in [5.74, 6) is 1.06. The SMILES string of the molecule is COc1cccc(OC)c1C(=O)NC1C(N)C2CCOC21. The Bertz CT molecular complexity index is 526. The minimum atomic E-state index is -0.251. The fraction of sp³-hybridized carbons (Fsp3) is 0.533. The number of nitrogens with two attached hydrogens (primary N) is 1. The van der Waals surface area contributed by atoms with Crippen LogP contribution in [0.4, 0.5) is 0 Å². The van der Waals surface area contributed by atoms with Crippen LogP contribution in [0.2, 0.25) is 0 Å². The molecule has 2 aliphatic rings. The molecule has 1 saturated heterocycles. The third-order valence-electron chi connectivity index (χ3n) is 4.40. The summed E-state index contributed by atoms with van der Waals surface area (Å²) in [7, 11) is 3.05. The highest BCUT2D eigenvalue weighted by molar-refractivity contribution is 6.00. The monoisotopic (exact) mass is 292 g/mol. The fourth-order valence-electron chi connectivity index (χ4n) is 3.23. The molecule has 6 heteroatoms. The fourth-order valence-corrected chi connectivity index (χ4v) is 3.23. The zero-order valence-electron chi connectivity index (χ0n) is 12.2. The first-order chi connectivity index (χ1) is 10.2. The van der Waals surface area contributed by atoms with Gasteiger partial charge in [0.15, 0.2) is 0 Å². The van der Waals surface area contributed by atoms with E-state index < -0.39 is 0 Å². The maximum absolute atomic E-state index is 12.6. The summed E-state index contributed by atoms with van der Waals surface area (Å²) in [5, 5.41) is 2.95. The molecule has 6 nitrogen and oxygen atoms in total. The molecule has 1 saturated carbocycles. The van der Waals surface area contributed by atoms with Crippen LogP contribution < -0.4 is 20.5 Å². The number of nitrogens with one attached hydrogen (secondary N) is 1. The molecule has 0 bridgehead atoms. The molecule has 0 aromatic heterocycles. The van der Waals surface area contributed by atoms with Gasteiger partial charge in [-0.15, -0.1) is 0 Å². The van der Waals surface area contributed by atoms with E-state index in [1.165, 1.54) is 14.2 Å². The van der Waals surface area contributed by atoms with Gasteiger partial charge in [0.1, 0.15) is 17.1 Å². The van der Waals surface area contributed by atoms with E-state index in [1.54, 1.807) is 18.2 Å².